The fraction of sp³-hybridized carbons (Fsp3) is 0.143. The minimum atomic E-state index is 0.496. The summed E-state index contributed by atoms with van der Waals surface area (Å²) in [6, 6.07) is 15.6. The van der Waals surface area contributed by atoms with Gasteiger partial charge in [-0.3, -0.25) is 9.97 Å². The van der Waals surface area contributed by atoms with Crippen molar-refractivity contribution >= 4 is 45.3 Å². The van der Waals surface area contributed by atoms with E-state index in [1.54, 1.807) is 12.4 Å². The quantitative estimate of drug-likeness (QED) is 0.452. The molecule has 3 heterocycles. The van der Waals surface area contributed by atoms with Crippen LogP contribution in [0.25, 0.3) is 22.1 Å². The normalized spacial score (nSPS) is 14.4. The summed E-state index contributed by atoms with van der Waals surface area (Å²) in [4.78, 5) is 22.2. The van der Waals surface area contributed by atoms with Gasteiger partial charge in [-0.25, -0.2) is 9.97 Å². The monoisotopic (exact) mass is 422 g/mol. The lowest BCUT2D eigenvalue weighted by molar-refractivity contribution is 0.244. The van der Waals surface area contributed by atoms with Crippen LogP contribution in [-0.4, -0.2) is 36.4 Å². The van der Waals surface area contributed by atoms with E-state index in [1.807, 2.05) is 58.3 Å². The molecule has 144 valence electrons. The molecule has 4 aromatic rings. The summed E-state index contributed by atoms with van der Waals surface area (Å²) in [5.74, 6) is 0. The smallest absolute Gasteiger partial charge is 0.142 e. The van der Waals surface area contributed by atoms with E-state index >= 15 is 0 Å². The first kappa shape index (κ1) is 18.1. The molecular formula is C21H16Cl2N6. The minimum absolute atomic E-state index is 0.496. The van der Waals surface area contributed by atoms with E-state index in [-0.39, 0.29) is 0 Å². The second-order valence-corrected chi connectivity index (χ2v) is 7.54. The second kappa shape index (κ2) is 7.46. The summed E-state index contributed by atoms with van der Waals surface area (Å²) in [7, 11) is 0. The van der Waals surface area contributed by atoms with E-state index in [1.165, 1.54) is 0 Å². The Kier molecular flexibility index (Phi) is 4.66. The molecule has 2 aromatic carbocycles. The maximum Gasteiger partial charge on any atom is 0.142 e. The van der Waals surface area contributed by atoms with Crippen molar-refractivity contribution in [3.63, 3.8) is 0 Å². The van der Waals surface area contributed by atoms with Gasteiger partial charge < -0.3 is 9.80 Å². The molecule has 1 aliphatic heterocycles. The number of hydrogen-bond acceptors (Lipinski definition) is 6. The minimum Gasteiger partial charge on any atom is -0.336 e. The molecule has 0 spiro atoms. The van der Waals surface area contributed by atoms with Crippen molar-refractivity contribution in [2.45, 2.75) is 13.1 Å². The Bertz CT molecular complexity index is 1150. The van der Waals surface area contributed by atoms with E-state index in [2.05, 4.69) is 19.9 Å². The molecule has 0 atom stereocenters. The predicted molar refractivity (Wildman–Crippen MR) is 114 cm³/mol. The number of para-hydroxylation sites is 4. The van der Waals surface area contributed by atoms with Crippen LogP contribution in [0.3, 0.4) is 0 Å². The Labute approximate surface area is 177 Å². The number of hydrogen-bond donors (Lipinski definition) is 0. The number of aromatic nitrogens is 4. The molecule has 0 amide bonds. The van der Waals surface area contributed by atoms with Gasteiger partial charge in [-0.1, -0.05) is 47.5 Å². The van der Waals surface area contributed by atoms with Gasteiger partial charge in [0.05, 0.1) is 65.6 Å². The number of rotatable bonds is 4. The standard InChI is InChI=1S/C21H16Cl2N6/c22-20-21(23)29(12-15-10-25-17-6-2-4-8-19(17)27-15)13-28(20)11-14-9-24-16-5-1-3-7-18(16)26-14/h1-10H,11-13H2. The summed E-state index contributed by atoms with van der Waals surface area (Å²) in [6.07, 6.45) is 3.55. The average Bonchev–Trinajstić information content (AvgIpc) is 3.01. The maximum atomic E-state index is 6.50. The van der Waals surface area contributed by atoms with Gasteiger partial charge in [0.1, 0.15) is 10.3 Å². The van der Waals surface area contributed by atoms with Gasteiger partial charge in [-0.2, -0.15) is 0 Å². The first-order valence-corrected chi connectivity index (χ1v) is 9.89. The third-order valence-electron chi connectivity index (χ3n) is 4.77. The molecule has 2 aromatic heterocycles. The van der Waals surface area contributed by atoms with E-state index in [0.29, 0.717) is 30.1 Å². The van der Waals surface area contributed by atoms with Crippen molar-refractivity contribution in [1.29, 1.82) is 0 Å². The molecule has 0 unspecified atom stereocenters. The second-order valence-electron chi connectivity index (χ2n) is 6.82. The van der Waals surface area contributed by atoms with E-state index in [4.69, 9.17) is 23.2 Å². The van der Waals surface area contributed by atoms with Crippen LogP contribution in [0.15, 0.2) is 71.2 Å². The van der Waals surface area contributed by atoms with Crippen LogP contribution in [0.4, 0.5) is 0 Å². The largest absolute Gasteiger partial charge is 0.336 e. The lowest BCUT2D eigenvalue weighted by atomic mass is 10.3. The SMILES string of the molecule is ClC1=C(Cl)N(Cc2cnc3ccccc3n2)CN1Cc1cnc2ccccc2n1. The van der Waals surface area contributed by atoms with Gasteiger partial charge in [0, 0.05) is 0 Å². The van der Waals surface area contributed by atoms with Gasteiger partial charge in [-0.15, -0.1) is 0 Å². The number of fused-ring (bicyclic) bond motifs is 2. The summed E-state index contributed by atoms with van der Waals surface area (Å²) in [6.45, 7) is 1.58. The third-order valence-corrected chi connectivity index (χ3v) is 5.70. The zero-order valence-electron chi connectivity index (χ0n) is 15.3. The Balaban J connectivity index is 1.34. The molecule has 0 bridgehead atoms. The fourth-order valence-electron chi connectivity index (χ4n) is 3.36. The first-order valence-electron chi connectivity index (χ1n) is 9.14. The van der Waals surface area contributed by atoms with Crippen LogP contribution < -0.4 is 0 Å². The van der Waals surface area contributed by atoms with Crippen LogP contribution in [0.1, 0.15) is 11.4 Å². The van der Waals surface area contributed by atoms with Crippen LogP contribution in [-0.2, 0) is 13.1 Å². The molecule has 0 fully saturated rings. The Hall–Kier alpha value is -2.96. The van der Waals surface area contributed by atoms with Gasteiger partial charge in [0.15, 0.2) is 0 Å². The third kappa shape index (κ3) is 3.57. The predicted octanol–water partition coefficient (Wildman–Crippen LogP) is 4.45. The summed E-state index contributed by atoms with van der Waals surface area (Å²) in [5.41, 5.74) is 5.12. The van der Waals surface area contributed by atoms with E-state index < -0.39 is 0 Å². The number of nitrogens with zero attached hydrogens (tertiary/aromatic N) is 6. The fourth-order valence-corrected chi connectivity index (χ4v) is 3.83. The molecule has 5 rings (SSSR count). The van der Waals surface area contributed by atoms with Gasteiger partial charge in [-0.05, 0) is 24.3 Å². The molecule has 0 saturated carbocycles. The van der Waals surface area contributed by atoms with Crippen LogP contribution in [0, 0.1) is 0 Å². The average molecular weight is 423 g/mol. The number of benzene rings is 2. The molecule has 6 nitrogen and oxygen atoms in total. The highest BCUT2D eigenvalue weighted by Gasteiger charge is 2.27. The van der Waals surface area contributed by atoms with Crippen molar-refractivity contribution in [1.82, 2.24) is 29.7 Å². The zero-order chi connectivity index (χ0) is 19.8. The molecule has 0 radical (unpaired) electrons. The first-order chi connectivity index (χ1) is 14.2. The molecule has 0 N–H and O–H groups in total. The van der Waals surface area contributed by atoms with Crippen LogP contribution in [0.5, 0.6) is 0 Å². The van der Waals surface area contributed by atoms with E-state index in [0.717, 1.165) is 33.5 Å². The van der Waals surface area contributed by atoms with Crippen molar-refractivity contribution in [2.75, 3.05) is 6.67 Å². The highest BCUT2D eigenvalue weighted by Crippen LogP contribution is 2.31. The van der Waals surface area contributed by atoms with Crippen LogP contribution >= 0.6 is 23.2 Å². The van der Waals surface area contributed by atoms with E-state index in [9.17, 15) is 0 Å². The lowest BCUT2D eigenvalue weighted by Gasteiger charge is -2.22. The Morgan fingerprint density at radius 1 is 0.655 bits per heavy atom. The van der Waals surface area contributed by atoms with Gasteiger partial charge in [0.2, 0.25) is 0 Å². The molecular weight excluding hydrogens is 407 g/mol. The highest BCUT2D eigenvalue weighted by atomic mass is 35.5. The van der Waals surface area contributed by atoms with Crippen molar-refractivity contribution in [3.05, 3.63) is 82.6 Å². The maximum absolute atomic E-state index is 6.50. The summed E-state index contributed by atoms with van der Waals surface area (Å²) in [5, 5.41) is 0.991. The van der Waals surface area contributed by atoms with Gasteiger partial charge in [0.25, 0.3) is 0 Å². The number of halogens is 2. The zero-order valence-corrected chi connectivity index (χ0v) is 16.8. The molecule has 0 saturated heterocycles. The van der Waals surface area contributed by atoms with Crippen molar-refractivity contribution in [2.24, 2.45) is 0 Å². The van der Waals surface area contributed by atoms with Crippen molar-refractivity contribution in [3.8, 4) is 0 Å². The van der Waals surface area contributed by atoms with Gasteiger partial charge >= 0.3 is 0 Å². The van der Waals surface area contributed by atoms with Crippen LogP contribution in [0.2, 0.25) is 0 Å². The molecule has 8 heteroatoms. The Morgan fingerprint density at radius 2 is 1.07 bits per heavy atom. The molecule has 1 aliphatic rings. The Morgan fingerprint density at radius 3 is 1.52 bits per heavy atom. The summed E-state index contributed by atoms with van der Waals surface area (Å²) >= 11 is 13.0. The topological polar surface area (TPSA) is 58.0 Å². The molecule has 0 aliphatic carbocycles. The summed E-state index contributed by atoms with van der Waals surface area (Å²) < 4.78 is 0. The lowest BCUT2D eigenvalue weighted by Crippen LogP contribution is -2.27. The highest BCUT2D eigenvalue weighted by molar-refractivity contribution is 6.38. The molecule has 29 heavy (non-hydrogen) atoms. The van der Waals surface area contributed by atoms with Crippen molar-refractivity contribution < 1.29 is 0 Å².